The number of rotatable bonds is 7. The molecule has 1 atom stereocenters. The molecule has 0 aliphatic carbocycles. The van der Waals surface area contributed by atoms with Crippen molar-refractivity contribution >= 4 is 24.2 Å². The Hall–Kier alpha value is -2.44. The van der Waals surface area contributed by atoms with Crippen molar-refractivity contribution in [2.45, 2.75) is 25.4 Å². The zero-order valence-electron chi connectivity index (χ0n) is 15.1. The zero-order valence-corrected chi connectivity index (χ0v) is 16.0. The summed E-state index contributed by atoms with van der Waals surface area (Å²) in [5.41, 5.74) is 2.04. The van der Waals surface area contributed by atoms with E-state index >= 15 is 0 Å². The number of carbonyl (C=O) groups excluding carboxylic acids is 2. The first-order chi connectivity index (χ1) is 12.7. The number of nitrogens with one attached hydrogen (secondary N) is 2. The molecule has 3 rings (SSSR count). The van der Waals surface area contributed by atoms with E-state index < -0.39 is 6.04 Å². The summed E-state index contributed by atoms with van der Waals surface area (Å²) in [6.45, 7) is 2.46. The molecule has 0 radical (unpaired) electrons. The SMILES string of the molecule is Cl.O=C(CC1NCCN(Cc2ccccc2)C1=O)NCCc1ccccn1. The lowest BCUT2D eigenvalue weighted by Gasteiger charge is -2.33. The maximum Gasteiger partial charge on any atom is 0.240 e. The highest BCUT2D eigenvalue weighted by Crippen LogP contribution is 2.10. The highest BCUT2D eigenvalue weighted by Gasteiger charge is 2.29. The van der Waals surface area contributed by atoms with Gasteiger partial charge < -0.3 is 15.5 Å². The molecule has 2 heterocycles. The van der Waals surface area contributed by atoms with Crippen LogP contribution in [0.15, 0.2) is 54.7 Å². The molecule has 1 aliphatic heterocycles. The van der Waals surface area contributed by atoms with Crippen molar-refractivity contribution in [1.82, 2.24) is 20.5 Å². The van der Waals surface area contributed by atoms with E-state index in [1.165, 1.54) is 0 Å². The van der Waals surface area contributed by atoms with Crippen LogP contribution in [-0.4, -0.2) is 47.4 Å². The maximum absolute atomic E-state index is 12.6. The zero-order chi connectivity index (χ0) is 18.2. The van der Waals surface area contributed by atoms with Gasteiger partial charge in [0.05, 0.1) is 12.5 Å². The third-order valence-electron chi connectivity index (χ3n) is 4.42. The van der Waals surface area contributed by atoms with E-state index in [2.05, 4.69) is 15.6 Å². The second-order valence-corrected chi connectivity index (χ2v) is 6.38. The maximum atomic E-state index is 12.6. The highest BCUT2D eigenvalue weighted by atomic mass is 35.5. The van der Waals surface area contributed by atoms with Gasteiger partial charge in [-0.25, -0.2) is 0 Å². The average Bonchev–Trinajstić information content (AvgIpc) is 2.67. The minimum absolute atomic E-state index is 0. The van der Waals surface area contributed by atoms with Crippen LogP contribution in [0.4, 0.5) is 0 Å². The molecule has 144 valence electrons. The fourth-order valence-electron chi connectivity index (χ4n) is 3.05. The quantitative estimate of drug-likeness (QED) is 0.754. The van der Waals surface area contributed by atoms with E-state index in [4.69, 9.17) is 0 Å². The van der Waals surface area contributed by atoms with Crippen LogP contribution in [-0.2, 0) is 22.6 Å². The standard InChI is InChI=1S/C20H24N4O2.ClH/c25-19(23-11-9-17-8-4-5-10-21-17)14-18-20(26)24(13-12-22-18)15-16-6-2-1-3-7-16;/h1-8,10,18,22H,9,11-15H2,(H,23,25);1H. The van der Waals surface area contributed by atoms with Gasteiger partial charge in [0.25, 0.3) is 0 Å². The third-order valence-corrected chi connectivity index (χ3v) is 4.42. The molecular formula is C20H25ClN4O2. The third kappa shape index (κ3) is 6.34. The van der Waals surface area contributed by atoms with Crippen LogP contribution in [0.25, 0.3) is 0 Å². The van der Waals surface area contributed by atoms with Gasteiger partial charge >= 0.3 is 0 Å². The van der Waals surface area contributed by atoms with Crippen molar-refractivity contribution in [3.05, 3.63) is 66.0 Å². The molecule has 1 fully saturated rings. The average molecular weight is 389 g/mol. The first-order valence-corrected chi connectivity index (χ1v) is 8.95. The minimum atomic E-state index is -0.456. The fourth-order valence-corrected chi connectivity index (χ4v) is 3.05. The second-order valence-electron chi connectivity index (χ2n) is 6.38. The number of amides is 2. The molecule has 0 bridgehead atoms. The first kappa shape index (κ1) is 20.9. The minimum Gasteiger partial charge on any atom is -0.356 e. The lowest BCUT2D eigenvalue weighted by Crippen LogP contribution is -2.55. The van der Waals surface area contributed by atoms with Gasteiger partial charge in [-0.3, -0.25) is 14.6 Å². The summed E-state index contributed by atoms with van der Waals surface area (Å²) in [6.07, 6.45) is 2.58. The molecule has 2 aromatic rings. The molecule has 1 aromatic heterocycles. The summed E-state index contributed by atoms with van der Waals surface area (Å²) in [5.74, 6) is -0.131. The van der Waals surface area contributed by atoms with E-state index in [1.807, 2.05) is 53.4 Å². The molecule has 1 aliphatic rings. The van der Waals surface area contributed by atoms with Crippen LogP contribution < -0.4 is 10.6 Å². The van der Waals surface area contributed by atoms with Crippen LogP contribution in [0.3, 0.4) is 0 Å². The lowest BCUT2D eigenvalue weighted by atomic mass is 10.1. The van der Waals surface area contributed by atoms with Gasteiger partial charge in [0.1, 0.15) is 0 Å². The monoisotopic (exact) mass is 388 g/mol. The summed E-state index contributed by atoms with van der Waals surface area (Å²) < 4.78 is 0. The molecule has 27 heavy (non-hydrogen) atoms. The van der Waals surface area contributed by atoms with Crippen molar-refractivity contribution in [3.8, 4) is 0 Å². The topological polar surface area (TPSA) is 74.3 Å². The van der Waals surface area contributed by atoms with E-state index in [9.17, 15) is 9.59 Å². The fraction of sp³-hybridized carbons (Fsp3) is 0.350. The second kappa shape index (κ2) is 10.6. The molecule has 7 heteroatoms. The van der Waals surface area contributed by atoms with Crippen molar-refractivity contribution < 1.29 is 9.59 Å². The molecule has 0 spiro atoms. The number of hydrogen-bond donors (Lipinski definition) is 2. The molecule has 2 N–H and O–H groups in total. The molecule has 6 nitrogen and oxygen atoms in total. The van der Waals surface area contributed by atoms with Crippen molar-refractivity contribution in [1.29, 1.82) is 0 Å². The Morgan fingerprint density at radius 2 is 1.96 bits per heavy atom. The summed E-state index contributed by atoms with van der Waals surface area (Å²) in [6, 6.07) is 15.2. The molecule has 1 aromatic carbocycles. The van der Waals surface area contributed by atoms with Crippen LogP contribution >= 0.6 is 12.4 Å². The van der Waals surface area contributed by atoms with E-state index in [1.54, 1.807) is 6.20 Å². The Morgan fingerprint density at radius 3 is 2.70 bits per heavy atom. The lowest BCUT2D eigenvalue weighted by molar-refractivity contribution is -0.138. The number of benzene rings is 1. The van der Waals surface area contributed by atoms with Crippen LogP contribution in [0.1, 0.15) is 17.7 Å². The summed E-state index contributed by atoms with van der Waals surface area (Å²) in [4.78, 5) is 30.8. The van der Waals surface area contributed by atoms with E-state index in [0.717, 1.165) is 11.3 Å². The molecule has 0 saturated carbocycles. The number of piperazine rings is 1. The van der Waals surface area contributed by atoms with Gasteiger partial charge in [-0.1, -0.05) is 36.4 Å². The number of hydrogen-bond acceptors (Lipinski definition) is 4. The summed E-state index contributed by atoms with van der Waals surface area (Å²) in [5, 5.41) is 6.03. The largest absolute Gasteiger partial charge is 0.356 e. The summed E-state index contributed by atoms with van der Waals surface area (Å²) >= 11 is 0. The van der Waals surface area contributed by atoms with Crippen molar-refractivity contribution in [2.24, 2.45) is 0 Å². The Morgan fingerprint density at radius 1 is 1.19 bits per heavy atom. The summed E-state index contributed by atoms with van der Waals surface area (Å²) in [7, 11) is 0. The van der Waals surface area contributed by atoms with Crippen molar-refractivity contribution in [3.63, 3.8) is 0 Å². The van der Waals surface area contributed by atoms with Gasteiger partial charge in [-0.2, -0.15) is 0 Å². The molecular weight excluding hydrogens is 364 g/mol. The normalized spacial score (nSPS) is 16.5. The number of nitrogens with zero attached hydrogens (tertiary/aromatic N) is 2. The van der Waals surface area contributed by atoms with Gasteiger partial charge in [0.15, 0.2) is 0 Å². The van der Waals surface area contributed by atoms with Crippen LogP contribution in [0, 0.1) is 0 Å². The van der Waals surface area contributed by atoms with Gasteiger partial charge in [0.2, 0.25) is 11.8 Å². The Kier molecular flexibility index (Phi) is 8.23. The van der Waals surface area contributed by atoms with Crippen LogP contribution in [0.2, 0.25) is 0 Å². The van der Waals surface area contributed by atoms with E-state index in [-0.39, 0.29) is 30.6 Å². The van der Waals surface area contributed by atoms with Crippen molar-refractivity contribution in [2.75, 3.05) is 19.6 Å². The number of pyridine rings is 1. The Balaban J connectivity index is 0.00000261. The number of halogens is 1. The van der Waals surface area contributed by atoms with Gasteiger partial charge in [0, 0.05) is 44.5 Å². The Labute approximate surface area is 165 Å². The van der Waals surface area contributed by atoms with Gasteiger partial charge in [-0.05, 0) is 17.7 Å². The number of aromatic nitrogens is 1. The van der Waals surface area contributed by atoms with Gasteiger partial charge in [-0.15, -0.1) is 12.4 Å². The smallest absolute Gasteiger partial charge is 0.240 e. The highest BCUT2D eigenvalue weighted by molar-refractivity contribution is 5.88. The van der Waals surface area contributed by atoms with E-state index in [0.29, 0.717) is 32.6 Å². The predicted octanol–water partition coefficient (Wildman–Crippen LogP) is 1.55. The Bertz CT molecular complexity index is 727. The molecule has 2 amide bonds. The van der Waals surface area contributed by atoms with Crippen LogP contribution in [0.5, 0.6) is 0 Å². The molecule has 1 unspecified atom stereocenters. The predicted molar refractivity (Wildman–Crippen MR) is 106 cm³/mol. The molecule has 1 saturated heterocycles. The first-order valence-electron chi connectivity index (χ1n) is 8.95. The number of carbonyl (C=O) groups is 2.